The standard InChI is InChI=1S/C10H17N3/c1-2-9(11)5-3-4-6-10-7-12-8-13-10/h3,5,7-9H,2,4,6,11H2,1H3,(H,12,13)/b5-3+. The Balaban J connectivity index is 2.17. The first-order valence-electron chi connectivity index (χ1n) is 4.72. The van der Waals surface area contributed by atoms with E-state index in [4.69, 9.17) is 5.73 Å². The van der Waals surface area contributed by atoms with E-state index in [1.807, 2.05) is 6.20 Å². The normalized spacial score (nSPS) is 13.7. The third-order valence-electron chi connectivity index (χ3n) is 1.99. The van der Waals surface area contributed by atoms with Gasteiger partial charge in [0.05, 0.1) is 6.33 Å². The Morgan fingerprint density at radius 1 is 1.69 bits per heavy atom. The zero-order valence-corrected chi connectivity index (χ0v) is 8.03. The predicted molar refractivity (Wildman–Crippen MR) is 54.3 cm³/mol. The van der Waals surface area contributed by atoms with Crippen molar-refractivity contribution < 1.29 is 0 Å². The number of aryl methyl sites for hydroxylation is 1. The molecule has 1 aromatic heterocycles. The number of allylic oxidation sites excluding steroid dienone is 1. The highest BCUT2D eigenvalue weighted by Gasteiger charge is 1.92. The van der Waals surface area contributed by atoms with Gasteiger partial charge in [-0.2, -0.15) is 0 Å². The van der Waals surface area contributed by atoms with Gasteiger partial charge in [0, 0.05) is 17.9 Å². The maximum Gasteiger partial charge on any atom is 0.0921 e. The SMILES string of the molecule is CCC(N)/C=C/CCc1cnc[nH]1. The zero-order chi connectivity index (χ0) is 9.52. The third-order valence-corrected chi connectivity index (χ3v) is 1.99. The van der Waals surface area contributed by atoms with E-state index in [2.05, 4.69) is 29.0 Å². The fourth-order valence-electron chi connectivity index (χ4n) is 1.07. The summed E-state index contributed by atoms with van der Waals surface area (Å²) in [6.45, 7) is 2.09. The first-order chi connectivity index (χ1) is 6.33. The molecular formula is C10H17N3. The largest absolute Gasteiger partial charge is 0.348 e. The number of nitrogens with zero attached hydrogens (tertiary/aromatic N) is 1. The third kappa shape index (κ3) is 3.90. The molecule has 0 saturated heterocycles. The molecule has 1 unspecified atom stereocenters. The Labute approximate surface area is 79.1 Å². The summed E-state index contributed by atoms with van der Waals surface area (Å²) in [6.07, 6.45) is 10.8. The van der Waals surface area contributed by atoms with E-state index in [-0.39, 0.29) is 6.04 Å². The minimum Gasteiger partial charge on any atom is -0.348 e. The van der Waals surface area contributed by atoms with Gasteiger partial charge in [0.1, 0.15) is 0 Å². The monoisotopic (exact) mass is 179 g/mol. The summed E-state index contributed by atoms with van der Waals surface area (Å²) in [5.41, 5.74) is 6.90. The molecule has 0 spiro atoms. The van der Waals surface area contributed by atoms with E-state index in [0.29, 0.717) is 0 Å². The van der Waals surface area contributed by atoms with Gasteiger partial charge >= 0.3 is 0 Å². The summed E-state index contributed by atoms with van der Waals surface area (Å²) in [5.74, 6) is 0. The Morgan fingerprint density at radius 3 is 3.15 bits per heavy atom. The second-order valence-corrected chi connectivity index (χ2v) is 3.12. The molecule has 3 heteroatoms. The van der Waals surface area contributed by atoms with E-state index in [1.54, 1.807) is 6.33 Å². The first kappa shape index (κ1) is 9.99. The van der Waals surface area contributed by atoms with E-state index in [9.17, 15) is 0 Å². The lowest BCUT2D eigenvalue weighted by Gasteiger charge is -1.99. The Morgan fingerprint density at radius 2 is 2.54 bits per heavy atom. The lowest BCUT2D eigenvalue weighted by atomic mass is 10.2. The van der Waals surface area contributed by atoms with Crippen molar-refractivity contribution >= 4 is 0 Å². The highest BCUT2D eigenvalue weighted by Crippen LogP contribution is 1.98. The molecule has 0 bridgehead atoms. The average molecular weight is 179 g/mol. The molecular weight excluding hydrogens is 162 g/mol. The van der Waals surface area contributed by atoms with Crippen LogP contribution in [-0.4, -0.2) is 16.0 Å². The van der Waals surface area contributed by atoms with Crippen LogP contribution in [-0.2, 0) is 6.42 Å². The molecule has 3 nitrogen and oxygen atoms in total. The van der Waals surface area contributed by atoms with Crippen LogP contribution in [0.15, 0.2) is 24.7 Å². The molecule has 3 N–H and O–H groups in total. The molecule has 1 aromatic rings. The number of nitrogens with one attached hydrogen (secondary N) is 1. The van der Waals surface area contributed by atoms with Gasteiger partial charge in [-0.1, -0.05) is 19.1 Å². The Kier molecular flexibility index (Phi) is 4.26. The molecule has 0 aliphatic carbocycles. The van der Waals surface area contributed by atoms with Crippen LogP contribution in [0.1, 0.15) is 25.5 Å². The van der Waals surface area contributed by atoms with Crippen LogP contribution in [0.2, 0.25) is 0 Å². The van der Waals surface area contributed by atoms with Crippen LogP contribution in [0.5, 0.6) is 0 Å². The van der Waals surface area contributed by atoms with Crippen molar-refractivity contribution in [2.75, 3.05) is 0 Å². The highest BCUT2D eigenvalue weighted by molar-refractivity contribution is 4.98. The summed E-state index contributed by atoms with van der Waals surface area (Å²) < 4.78 is 0. The average Bonchev–Trinajstić information content (AvgIpc) is 2.64. The second kappa shape index (κ2) is 5.54. The number of H-pyrrole nitrogens is 1. The van der Waals surface area contributed by atoms with Crippen LogP contribution >= 0.6 is 0 Å². The fraction of sp³-hybridized carbons (Fsp3) is 0.500. The van der Waals surface area contributed by atoms with E-state index in [0.717, 1.165) is 19.3 Å². The predicted octanol–water partition coefficient (Wildman–Crippen LogP) is 1.64. The molecule has 0 amide bonds. The van der Waals surface area contributed by atoms with Crippen LogP contribution in [0, 0.1) is 0 Å². The number of aromatic nitrogens is 2. The summed E-state index contributed by atoms with van der Waals surface area (Å²) in [6, 6.07) is 0.210. The van der Waals surface area contributed by atoms with Crippen molar-refractivity contribution in [1.82, 2.24) is 9.97 Å². The summed E-state index contributed by atoms with van der Waals surface area (Å²) >= 11 is 0. The quantitative estimate of drug-likeness (QED) is 0.675. The molecule has 13 heavy (non-hydrogen) atoms. The number of hydrogen-bond donors (Lipinski definition) is 2. The van der Waals surface area contributed by atoms with Crippen LogP contribution < -0.4 is 5.73 Å². The molecule has 0 fully saturated rings. The van der Waals surface area contributed by atoms with E-state index >= 15 is 0 Å². The number of hydrogen-bond acceptors (Lipinski definition) is 2. The minimum absolute atomic E-state index is 0.210. The number of rotatable bonds is 5. The van der Waals surface area contributed by atoms with Gasteiger partial charge in [-0.3, -0.25) is 0 Å². The van der Waals surface area contributed by atoms with Gasteiger partial charge in [0.15, 0.2) is 0 Å². The molecule has 0 saturated carbocycles. The molecule has 1 rings (SSSR count). The van der Waals surface area contributed by atoms with Crippen molar-refractivity contribution in [2.45, 2.75) is 32.2 Å². The number of nitrogens with two attached hydrogens (primary N) is 1. The molecule has 1 heterocycles. The first-order valence-corrected chi connectivity index (χ1v) is 4.72. The zero-order valence-electron chi connectivity index (χ0n) is 8.03. The molecule has 0 aromatic carbocycles. The maximum atomic E-state index is 5.73. The van der Waals surface area contributed by atoms with Gasteiger partial charge in [-0.15, -0.1) is 0 Å². The fourth-order valence-corrected chi connectivity index (χ4v) is 1.07. The lowest BCUT2D eigenvalue weighted by molar-refractivity contribution is 0.776. The number of aromatic amines is 1. The van der Waals surface area contributed by atoms with Crippen LogP contribution in [0.4, 0.5) is 0 Å². The van der Waals surface area contributed by atoms with Gasteiger partial charge in [-0.05, 0) is 19.3 Å². The molecule has 0 aliphatic heterocycles. The minimum atomic E-state index is 0.210. The van der Waals surface area contributed by atoms with Crippen molar-refractivity contribution in [2.24, 2.45) is 5.73 Å². The van der Waals surface area contributed by atoms with Crippen LogP contribution in [0.25, 0.3) is 0 Å². The highest BCUT2D eigenvalue weighted by atomic mass is 14.9. The molecule has 0 radical (unpaired) electrons. The van der Waals surface area contributed by atoms with Crippen LogP contribution in [0.3, 0.4) is 0 Å². The summed E-state index contributed by atoms with van der Waals surface area (Å²) in [4.78, 5) is 7.01. The summed E-state index contributed by atoms with van der Waals surface area (Å²) in [5, 5.41) is 0. The Hall–Kier alpha value is -1.09. The smallest absolute Gasteiger partial charge is 0.0921 e. The lowest BCUT2D eigenvalue weighted by Crippen LogP contribution is -2.14. The van der Waals surface area contributed by atoms with E-state index in [1.165, 1.54) is 5.69 Å². The number of imidazole rings is 1. The van der Waals surface area contributed by atoms with Crippen molar-refractivity contribution in [3.05, 3.63) is 30.4 Å². The van der Waals surface area contributed by atoms with Gasteiger partial charge in [0.2, 0.25) is 0 Å². The van der Waals surface area contributed by atoms with Gasteiger partial charge in [0.25, 0.3) is 0 Å². The van der Waals surface area contributed by atoms with Crippen molar-refractivity contribution in [3.8, 4) is 0 Å². The Bertz CT molecular complexity index is 239. The van der Waals surface area contributed by atoms with Crippen molar-refractivity contribution in [3.63, 3.8) is 0 Å². The van der Waals surface area contributed by atoms with Gasteiger partial charge in [-0.25, -0.2) is 4.98 Å². The molecule has 0 aliphatic rings. The van der Waals surface area contributed by atoms with Crippen molar-refractivity contribution in [1.29, 1.82) is 0 Å². The molecule has 72 valence electrons. The second-order valence-electron chi connectivity index (χ2n) is 3.12. The summed E-state index contributed by atoms with van der Waals surface area (Å²) in [7, 11) is 0. The molecule has 1 atom stereocenters. The topological polar surface area (TPSA) is 54.7 Å². The van der Waals surface area contributed by atoms with E-state index < -0.39 is 0 Å². The maximum absolute atomic E-state index is 5.73. The van der Waals surface area contributed by atoms with Gasteiger partial charge < -0.3 is 10.7 Å².